The number of fused-ring (bicyclic) bond motifs is 1. The number of thiol groups is 1. The Labute approximate surface area is 141 Å². The van der Waals surface area contributed by atoms with Crippen molar-refractivity contribution in [2.75, 3.05) is 25.6 Å². The molecular formula is C18H19NO3S. The van der Waals surface area contributed by atoms with Crippen LogP contribution >= 0.6 is 12.6 Å². The van der Waals surface area contributed by atoms with E-state index in [0.717, 1.165) is 17.9 Å². The fourth-order valence-electron chi connectivity index (χ4n) is 2.47. The van der Waals surface area contributed by atoms with Crippen molar-refractivity contribution in [3.8, 4) is 11.5 Å². The van der Waals surface area contributed by atoms with Gasteiger partial charge in [0.05, 0.1) is 12.1 Å². The van der Waals surface area contributed by atoms with Crippen LogP contribution in [0.1, 0.15) is 15.9 Å². The lowest BCUT2D eigenvalue weighted by Gasteiger charge is -2.28. The van der Waals surface area contributed by atoms with Crippen LogP contribution in [0.3, 0.4) is 0 Å². The van der Waals surface area contributed by atoms with E-state index in [2.05, 4.69) is 12.6 Å². The average Bonchev–Trinajstić information content (AvgIpc) is 2.59. The van der Waals surface area contributed by atoms with Crippen LogP contribution in [-0.2, 0) is 6.42 Å². The van der Waals surface area contributed by atoms with Crippen molar-refractivity contribution < 1.29 is 14.3 Å². The van der Waals surface area contributed by atoms with E-state index in [4.69, 9.17) is 9.47 Å². The first-order valence-electron chi connectivity index (χ1n) is 7.61. The number of para-hydroxylation sites is 1. The first-order chi connectivity index (χ1) is 11.3. The van der Waals surface area contributed by atoms with E-state index in [1.54, 1.807) is 11.0 Å². The van der Waals surface area contributed by atoms with Crippen LogP contribution in [0.4, 0.5) is 0 Å². The minimum atomic E-state index is -0.0143. The van der Waals surface area contributed by atoms with Crippen LogP contribution in [-0.4, -0.2) is 36.4 Å². The summed E-state index contributed by atoms with van der Waals surface area (Å²) in [7, 11) is 0. The number of ether oxygens (including phenoxy) is 2. The lowest BCUT2D eigenvalue weighted by Crippen LogP contribution is -2.40. The van der Waals surface area contributed by atoms with Gasteiger partial charge in [0.15, 0.2) is 6.73 Å². The third-order valence-electron chi connectivity index (χ3n) is 3.73. The van der Waals surface area contributed by atoms with Gasteiger partial charge in [-0.15, -0.1) is 0 Å². The number of benzene rings is 2. The van der Waals surface area contributed by atoms with Crippen molar-refractivity contribution in [1.29, 1.82) is 0 Å². The second-order valence-corrected chi connectivity index (χ2v) is 5.75. The molecule has 2 aromatic rings. The Balaban J connectivity index is 1.52. The van der Waals surface area contributed by atoms with Gasteiger partial charge in [-0.05, 0) is 42.0 Å². The van der Waals surface area contributed by atoms with Crippen molar-refractivity contribution in [1.82, 2.24) is 4.90 Å². The first-order valence-corrected chi connectivity index (χ1v) is 8.25. The number of nitrogens with zero attached hydrogens (tertiary/aromatic N) is 1. The molecule has 1 aliphatic rings. The summed E-state index contributed by atoms with van der Waals surface area (Å²) in [6.07, 6.45) is 0.947. The van der Waals surface area contributed by atoms with Crippen molar-refractivity contribution >= 4 is 18.5 Å². The topological polar surface area (TPSA) is 38.8 Å². The summed E-state index contributed by atoms with van der Waals surface area (Å²) in [6, 6.07) is 15.3. The highest BCUT2D eigenvalue weighted by molar-refractivity contribution is 7.80. The van der Waals surface area contributed by atoms with Crippen molar-refractivity contribution in [2.24, 2.45) is 0 Å². The molecule has 0 bridgehead atoms. The molecule has 3 rings (SSSR count). The smallest absolute Gasteiger partial charge is 0.260 e. The zero-order chi connectivity index (χ0) is 16.1. The quantitative estimate of drug-likeness (QED) is 0.828. The van der Waals surface area contributed by atoms with E-state index in [-0.39, 0.29) is 12.6 Å². The van der Waals surface area contributed by atoms with Crippen LogP contribution in [0.2, 0.25) is 0 Å². The van der Waals surface area contributed by atoms with Gasteiger partial charge in [-0.25, -0.2) is 0 Å². The molecule has 0 saturated heterocycles. The van der Waals surface area contributed by atoms with Gasteiger partial charge >= 0.3 is 0 Å². The summed E-state index contributed by atoms with van der Waals surface area (Å²) in [4.78, 5) is 14.0. The molecule has 0 unspecified atom stereocenters. The summed E-state index contributed by atoms with van der Waals surface area (Å²) < 4.78 is 11.3. The average molecular weight is 329 g/mol. The summed E-state index contributed by atoms with van der Waals surface area (Å²) in [6.45, 7) is 1.19. The molecule has 0 fully saturated rings. The van der Waals surface area contributed by atoms with Crippen LogP contribution in [0.5, 0.6) is 11.5 Å². The number of hydrogen-bond donors (Lipinski definition) is 1. The number of carbonyl (C=O) groups excluding carboxylic acids is 1. The van der Waals surface area contributed by atoms with Gasteiger partial charge in [0.2, 0.25) is 0 Å². The van der Waals surface area contributed by atoms with Crippen LogP contribution in [0, 0.1) is 0 Å². The maximum atomic E-state index is 12.4. The summed E-state index contributed by atoms with van der Waals surface area (Å²) in [5, 5.41) is 0. The Bertz CT molecular complexity index is 672. The monoisotopic (exact) mass is 329 g/mol. The van der Waals surface area contributed by atoms with E-state index in [1.165, 1.54) is 5.56 Å². The van der Waals surface area contributed by atoms with E-state index in [9.17, 15) is 4.79 Å². The first kappa shape index (κ1) is 15.7. The predicted molar refractivity (Wildman–Crippen MR) is 92.5 cm³/mol. The molecule has 0 saturated carbocycles. The second kappa shape index (κ2) is 7.42. The molecule has 0 aliphatic carbocycles. The highest BCUT2D eigenvalue weighted by Crippen LogP contribution is 2.24. The fourth-order valence-corrected chi connectivity index (χ4v) is 2.73. The Morgan fingerprint density at radius 3 is 2.70 bits per heavy atom. The normalized spacial score (nSPS) is 13.4. The van der Waals surface area contributed by atoms with Crippen LogP contribution in [0.15, 0.2) is 48.5 Å². The minimum absolute atomic E-state index is 0.0143. The van der Waals surface area contributed by atoms with E-state index in [1.807, 2.05) is 42.5 Å². The maximum Gasteiger partial charge on any atom is 0.260 e. The Morgan fingerprint density at radius 1 is 1.13 bits per heavy atom. The van der Waals surface area contributed by atoms with Gasteiger partial charge in [-0.3, -0.25) is 4.79 Å². The third-order valence-corrected chi connectivity index (χ3v) is 3.96. The predicted octanol–water partition coefficient (Wildman–Crippen LogP) is 3.03. The molecular weight excluding hydrogens is 310 g/mol. The van der Waals surface area contributed by atoms with Gasteiger partial charge in [-0.2, -0.15) is 12.6 Å². The van der Waals surface area contributed by atoms with Gasteiger partial charge < -0.3 is 14.4 Å². The largest absolute Gasteiger partial charge is 0.492 e. The fraction of sp³-hybridized carbons (Fsp3) is 0.278. The summed E-state index contributed by atoms with van der Waals surface area (Å²) >= 11 is 4.22. The van der Waals surface area contributed by atoms with Gasteiger partial charge in [0.25, 0.3) is 5.91 Å². The summed E-state index contributed by atoms with van der Waals surface area (Å²) in [5.41, 5.74) is 1.85. The molecule has 0 spiro atoms. The number of amides is 1. The number of aryl methyl sites for hydroxylation is 1. The van der Waals surface area contributed by atoms with E-state index < -0.39 is 0 Å². The molecule has 1 amide bonds. The molecule has 4 nitrogen and oxygen atoms in total. The van der Waals surface area contributed by atoms with Crippen LogP contribution < -0.4 is 9.47 Å². The zero-order valence-electron chi connectivity index (χ0n) is 12.8. The third kappa shape index (κ3) is 3.79. The van der Waals surface area contributed by atoms with Crippen molar-refractivity contribution in [3.05, 3.63) is 59.7 Å². The van der Waals surface area contributed by atoms with E-state index in [0.29, 0.717) is 24.5 Å². The lowest BCUT2D eigenvalue weighted by molar-refractivity contribution is 0.0482. The van der Waals surface area contributed by atoms with Gasteiger partial charge in [0, 0.05) is 0 Å². The maximum absolute atomic E-state index is 12.4. The Hall–Kier alpha value is -2.14. The molecule has 2 aromatic carbocycles. The van der Waals surface area contributed by atoms with Crippen molar-refractivity contribution in [2.45, 2.75) is 6.42 Å². The Morgan fingerprint density at radius 2 is 1.91 bits per heavy atom. The van der Waals surface area contributed by atoms with Crippen molar-refractivity contribution in [3.63, 3.8) is 0 Å². The van der Waals surface area contributed by atoms with Gasteiger partial charge in [0.1, 0.15) is 18.1 Å². The molecule has 120 valence electrons. The van der Waals surface area contributed by atoms with E-state index >= 15 is 0 Å². The molecule has 1 heterocycles. The highest BCUT2D eigenvalue weighted by Gasteiger charge is 2.24. The molecule has 1 aliphatic heterocycles. The number of hydrogen-bond acceptors (Lipinski definition) is 4. The zero-order valence-corrected chi connectivity index (χ0v) is 13.7. The summed E-state index contributed by atoms with van der Waals surface area (Å²) in [5.74, 6) is 2.27. The lowest BCUT2D eigenvalue weighted by atomic mass is 10.1. The number of rotatable bonds is 6. The molecule has 0 N–H and O–H groups in total. The number of carbonyl (C=O) groups is 1. The highest BCUT2D eigenvalue weighted by atomic mass is 32.1. The molecule has 0 atom stereocenters. The molecule has 5 heteroatoms. The second-order valence-electron chi connectivity index (χ2n) is 5.30. The minimum Gasteiger partial charge on any atom is -0.492 e. The van der Waals surface area contributed by atoms with Gasteiger partial charge in [-0.1, -0.05) is 24.3 Å². The molecule has 0 radical (unpaired) electrons. The molecule has 0 aromatic heterocycles. The van der Waals surface area contributed by atoms with Crippen LogP contribution in [0.25, 0.3) is 0 Å². The Kier molecular flexibility index (Phi) is 5.08. The molecule has 23 heavy (non-hydrogen) atoms. The SMILES string of the molecule is O=C1c2ccccc2OCN1CCOc1ccc(CCS)cc1. The standard InChI is InChI=1S/C18H19NO3S/c20-18-16-3-1-2-4-17(16)22-13-19(18)10-11-21-15-7-5-14(6-8-15)9-12-23/h1-8,23H,9-13H2.